The van der Waals surface area contributed by atoms with E-state index in [1.165, 1.54) is 35.7 Å². The number of hydrogen-bond acceptors (Lipinski definition) is 3. The highest BCUT2D eigenvalue weighted by Gasteiger charge is 2.40. The zero-order chi connectivity index (χ0) is 21.3. The maximum Gasteiger partial charge on any atom is 0.241 e. The molecule has 1 aliphatic heterocycles. The van der Waals surface area contributed by atoms with Crippen molar-refractivity contribution < 1.29 is 9.59 Å². The quantitative estimate of drug-likeness (QED) is 0.737. The van der Waals surface area contributed by atoms with Gasteiger partial charge in [0.1, 0.15) is 5.25 Å². The average Bonchev–Trinajstić information content (AvgIpc) is 3.25. The molecule has 1 heterocycles. The number of carbonyl (C=O) groups is 2. The molecule has 5 heteroatoms. The Labute approximate surface area is 183 Å². The number of para-hydroxylation sites is 1. The lowest BCUT2D eigenvalue weighted by atomic mass is 10.0. The van der Waals surface area contributed by atoms with Crippen LogP contribution in [0.25, 0.3) is 0 Å². The van der Waals surface area contributed by atoms with Gasteiger partial charge in [0.15, 0.2) is 0 Å². The van der Waals surface area contributed by atoms with Crippen molar-refractivity contribution in [1.82, 2.24) is 5.32 Å². The van der Waals surface area contributed by atoms with Crippen LogP contribution in [0.3, 0.4) is 0 Å². The van der Waals surface area contributed by atoms with Crippen molar-refractivity contribution in [1.29, 1.82) is 0 Å². The standard InChI is InChI=1S/C25H30N2O2S/c1-16-12-13-17(2)19(14-16)15-27-21-10-6-7-11-22(21)30-23(25(27)29)18(3)24(28)26-20-8-4-5-9-20/h6-7,10-14,18,20,23H,4-5,8-9,15H2,1-3H3,(H,26,28)/t18-,23+/m1/s1. The summed E-state index contributed by atoms with van der Waals surface area (Å²) < 4.78 is 0. The number of carbonyl (C=O) groups excluding carboxylic acids is 2. The molecule has 4 rings (SSSR count). The first-order valence-corrected chi connectivity index (χ1v) is 11.8. The van der Waals surface area contributed by atoms with Gasteiger partial charge in [0, 0.05) is 10.9 Å². The van der Waals surface area contributed by atoms with Crippen molar-refractivity contribution in [3.63, 3.8) is 0 Å². The van der Waals surface area contributed by atoms with Gasteiger partial charge in [-0.3, -0.25) is 9.59 Å². The molecule has 1 N–H and O–H groups in total. The summed E-state index contributed by atoms with van der Waals surface area (Å²) >= 11 is 1.53. The van der Waals surface area contributed by atoms with Crippen LogP contribution in [-0.4, -0.2) is 23.1 Å². The first kappa shape index (κ1) is 21.0. The lowest BCUT2D eigenvalue weighted by molar-refractivity contribution is -0.128. The second-order valence-electron chi connectivity index (χ2n) is 8.64. The number of amides is 2. The van der Waals surface area contributed by atoms with Gasteiger partial charge in [-0.25, -0.2) is 0 Å². The highest BCUT2D eigenvalue weighted by Crippen LogP contribution is 2.42. The monoisotopic (exact) mass is 422 g/mol. The van der Waals surface area contributed by atoms with Gasteiger partial charge in [-0.05, 0) is 49.9 Å². The van der Waals surface area contributed by atoms with E-state index in [4.69, 9.17) is 0 Å². The molecule has 4 nitrogen and oxygen atoms in total. The Morgan fingerprint density at radius 1 is 1.17 bits per heavy atom. The topological polar surface area (TPSA) is 49.4 Å². The molecule has 2 atom stereocenters. The third-order valence-electron chi connectivity index (χ3n) is 6.32. The van der Waals surface area contributed by atoms with Gasteiger partial charge >= 0.3 is 0 Å². The third kappa shape index (κ3) is 4.27. The highest BCUT2D eigenvalue weighted by atomic mass is 32.2. The molecule has 1 saturated carbocycles. The molecule has 2 aromatic carbocycles. The summed E-state index contributed by atoms with van der Waals surface area (Å²) in [6, 6.07) is 14.6. The first-order chi connectivity index (χ1) is 14.4. The molecule has 2 aliphatic rings. The number of rotatable bonds is 5. The van der Waals surface area contributed by atoms with Crippen LogP contribution in [0.1, 0.15) is 49.3 Å². The second-order valence-corrected chi connectivity index (χ2v) is 9.82. The van der Waals surface area contributed by atoms with E-state index in [1.54, 1.807) is 0 Å². The Morgan fingerprint density at radius 2 is 1.90 bits per heavy atom. The van der Waals surface area contributed by atoms with Gasteiger partial charge in [-0.2, -0.15) is 0 Å². The smallest absolute Gasteiger partial charge is 0.241 e. The molecule has 2 aromatic rings. The number of benzene rings is 2. The molecule has 1 fully saturated rings. The molecule has 0 bridgehead atoms. The van der Waals surface area contributed by atoms with Crippen LogP contribution in [0.15, 0.2) is 47.4 Å². The predicted octanol–water partition coefficient (Wildman–Crippen LogP) is 5.01. The van der Waals surface area contributed by atoms with E-state index in [0.717, 1.165) is 29.0 Å². The summed E-state index contributed by atoms with van der Waals surface area (Å²) in [4.78, 5) is 29.5. The van der Waals surface area contributed by atoms with Crippen molar-refractivity contribution in [2.75, 3.05) is 4.90 Å². The zero-order valence-electron chi connectivity index (χ0n) is 18.0. The van der Waals surface area contributed by atoms with Crippen LogP contribution in [-0.2, 0) is 16.1 Å². The summed E-state index contributed by atoms with van der Waals surface area (Å²) in [5, 5.41) is 2.77. The second kappa shape index (κ2) is 8.84. The summed E-state index contributed by atoms with van der Waals surface area (Å²) in [5.41, 5.74) is 4.44. The molecule has 0 radical (unpaired) electrons. The van der Waals surface area contributed by atoms with Crippen molar-refractivity contribution in [3.05, 3.63) is 59.2 Å². The minimum Gasteiger partial charge on any atom is -0.353 e. The molecule has 0 saturated heterocycles. The zero-order valence-corrected chi connectivity index (χ0v) is 18.8. The fraction of sp³-hybridized carbons (Fsp3) is 0.440. The van der Waals surface area contributed by atoms with Gasteiger partial charge in [-0.1, -0.05) is 55.7 Å². The van der Waals surface area contributed by atoms with Crippen molar-refractivity contribution in [2.45, 2.75) is 69.2 Å². The number of anilines is 1. The summed E-state index contributed by atoms with van der Waals surface area (Å²) in [6.07, 6.45) is 4.44. The molecule has 1 aliphatic carbocycles. The first-order valence-electron chi connectivity index (χ1n) is 10.9. The van der Waals surface area contributed by atoms with Crippen molar-refractivity contribution >= 4 is 29.3 Å². The van der Waals surface area contributed by atoms with Crippen molar-refractivity contribution in [2.24, 2.45) is 5.92 Å². The summed E-state index contributed by atoms with van der Waals surface area (Å²) in [7, 11) is 0. The molecule has 0 aromatic heterocycles. The molecule has 0 spiro atoms. The van der Waals surface area contributed by atoms with E-state index in [-0.39, 0.29) is 23.8 Å². The number of thioether (sulfide) groups is 1. The van der Waals surface area contributed by atoms with Crippen LogP contribution < -0.4 is 10.2 Å². The number of aryl methyl sites for hydroxylation is 2. The Hall–Kier alpha value is -2.27. The summed E-state index contributed by atoms with van der Waals surface area (Å²) in [5.74, 6) is -0.356. The van der Waals surface area contributed by atoms with E-state index in [0.29, 0.717) is 6.54 Å². The number of hydrogen-bond donors (Lipinski definition) is 1. The fourth-order valence-electron chi connectivity index (χ4n) is 4.40. The Kier molecular flexibility index (Phi) is 6.19. The lowest BCUT2D eigenvalue weighted by Gasteiger charge is -2.36. The van der Waals surface area contributed by atoms with E-state index in [1.807, 2.05) is 30.0 Å². The number of fused-ring (bicyclic) bond motifs is 1. The average molecular weight is 423 g/mol. The minimum absolute atomic E-state index is 0.00110. The van der Waals surface area contributed by atoms with Gasteiger partial charge in [-0.15, -0.1) is 11.8 Å². The Morgan fingerprint density at radius 3 is 2.67 bits per heavy atom. The van der Waals surface area contributed by atoms with Crippen LogP contribution in [0, 0.1) is 19.8 Å². The van der Waals surface area contributed by atoms with Gasteiger partial charge in [0.2, 0.25) is 11.8 Å². The maximum absolute atomic E-state index is 13.6. The molecule has 2 amide bonds. The van der Waals surface area contributed by atoms with Gasteiger partial charge in [0.25, 0.3) is 0 Å². The van der Waals surface area contributed by atoms with E-state index < -0.39 is 5.25 Å². The summed E-state index contributed by atoms with van der Waals surface area (Å²) in [6.45, 7) is 6.57. The molecule has 158 valence electrons. The maximum atomic E-state index is 13.6. The van der Waals surface area contributed by atoms with Crippen LogP contribution in [0.2, 0.25) is 0 Å². The molecule has 30 heavy (non-hydrogen) atoms. The van der Waals surface area contributed by atoms with Gasteiger partial charge < -0.3 is 10.2 Å². The van der Waals surface area contributed by atoms with Gasteiger partial charge in [0.05, 0.1) is 18.2 Å². The normalized spacial score (nSPS) is 20.2. The van der Waals surface area contributed by atoms with Crippen LogP contribution >= 0.6 is 11.8 Å². The number of nitrogens with zero attached hydrogens (tertiary/aromatic N) is 1. The number of nitrogens with one attached hydrogen (secondary N) is 1. The largest absolute Gasteiger partial charge is 0.353 e. The Bertz CT molecular complexity index is 952. The van der Waals surface area contributed by atoms with E-state index >= 15 is 0 Å². The lowest BCUT2D eigenvalue weighted by Crippen LogP contribution is -2.48. The fourth-order valence-corrected chi connectivity index (χ4v) is 5.69. The molecular formula is C25H30N2O2S. The van der Waals surface area contributed by atoms with Crippen LogP contribution in [0.4, 0.5) is 5.69 Å². The van der Waals surface area contributed by atoms with E-state index in [2.05, 4.69) is 43.4 Å². The third-order valence-corrected chi connectivity index (χ3v) is 7.78. The predicted molar refractivity (Wildman–Crippen MR) is 123 cm³/mol. The highest BCUT2D eigenvalue weighted by molar-refractivity contribution is 8.01. The van der Waals surface area contributed by atoms with Crippen LogP contribution in [0.5, 0.6) is 0 Å². The molecular weight excluding hydrogens is 392 g/mol. The molecule has 0 unspecified atom stereocenters. The minimum atomic E-state index is -0.411. The van der Waals surface area contributed by atoms with E-state index in [9.17, 15) is 9.59 Å². The van der Waals surface area contributed by atoms with Crippen molar-refractivity contribution in [3.8, 4) is 0 Å². The SMILES string of the molecule is Cc1ccc(C)c(CN2C(=O)[C@H]([C@@H](C)C(=O)NC3CCCC3)Sc3ccccc32)c1. The Balaban J connectivity index is 1.60.